The van der Waals surface area contributed by atoms with Crippen LogP contribution in [0.15, 0.2) is 107 Å². The molecule has 10 N–H and O–H groups in total. The first kappa shape index (κ1) is 39.9. The van der Waals surface area contributed by atoms with Crippen molar-refractivity contribution in [2.24, 2.45) is 17.2 Å². The van der Waals surface area contributed by atoms with Crippen molar-refractivity contribution in [3.05, 3.63) is 141 Å². The van der Waals surface area contributed by atoms with Crippen LogP contribution in [0.2, 0.25) is 0 Å². The summed E-state index contributed by atoms with van der Waals surface area (Å²) < 4.78 is 39.0. The number of nitrogens with one attached hydrogen (secondary N) is 4. The molecule has 18 heteroatoms. The monoisotopic (exact) mass is 820 g/mol. The van der Waals surface area contributed by atoms with Crippen LogP contribution >= 0.6 is 0 Å². The van der Waals surface area contributed by atoms with Crippen LogP contribution in [0.5, 0.6) is 0 Å². The third kappa shape index (κ3) is 8.08. The van der Waals surface area contributed by atoms with Crippen LogP contribution in [-0.2, 0) is 52.6 Å². The van der Waals surface area contributed by atoms with Gasteiger partial charge in [-0.3, -0.25) is 28.7 Å². The van der Waals surface area contributed by atoms with Crippen LogP contribution in [0.25, 0.3) is 32.7 Å². The lowest BCUT2D eigenvalue weighted by atomic mass is 10.0. The van der Waals surface area contributed by atoms with Gasteiger partial charge in [-0.1, -0.05) is 54.6 Å². The van der Waals surface area contributed by atoms with Crippen LogP contribution in [0.4, 0.5) is 4.39 Å². The lowest BCUT2D eigenvalue weighted by molar-refractivity contribution is -0.171. The van der Waals surface area contributed by atoms with Crippen molar-refractivity contribution in [1.82, 2.24) is 24.5 Å². The summed E-state index contributed by atoms with van der Waals surface area (Å²) in [6.45, 7) is -0.636. The Morgan fingerprint density at radius 2 is 1.10 bits per heavy atom. The van der Waals surface area contributed by atoms with E-state index in [1.165, 1.54) is 0 Å². The van der Waals surface area contributed by atoms with E-state index in [0.717, 1.165) is 38.3 Å². The average Bonchev–Trinajstić information content (AvgIpc) is 4.04. The maximum Gasteiger partial charge on any atom is 0.330 e. The first-order valence-electron chi connectivity index (χ1n) is 19.1. The van der Waals surface area contributed by atoms with Crippen LogP contribution in [0, 0.1) is 5.82 Å². The summed E-state index contributed by atoms with van der Waals surface area (Å²) in [6.07, 6.45) is -0.697. The molecule has 0 saturated carbocycles. The van der Waals surface area contributed by atoms with E-state index < -0.39 is 84.2 Å². The van der Waals surface area contributed by atoms with Gasteiger partial charge in [0.15, 0.2) is 18.4 Å². The standard InChI is InChI=1S/C42H41FN8O9/c43-27-19-51(42(56)50-37(27)52)38-36(60-41(55)30(46)15-23-18-49-33-12-6-3-9-26(23)33)35(59-40(54)29(45)14-22-17-48-32-11-5-2-8-25(22)32)34(58-38)20-57-39(53)28(44)13-21-16-47-31-10-4-1-7-24(21)31/h1-12,16-19,28-30,34-36,38,47-49H,13-15,20,44-46H2,(H,50,52,56). The Kier molecular flexibility index (Phi) is 11.2. The molecule has 4 aromatic heterocycles. The number of ether oxygens (including phenoxy) is 4. The Bertz CT molecular complexity index is 2830. The lowest BCUT2D eigenvalue weighted by Crippen LogP contribution is -2.48. The molecule has 1 fully saturated rings. The lowest BCUT2D eigenvalue weighted by Gasteiger charge is -2.27. The third-order valence-electron chi connectivity index (χ3n) is 10.6. The number of carbonyl (C=O) groups is 3. The Morgan fingerprint density at radius 1 is 0.667 bits per heavy atom. The van der Waals surface area contributed by atoms with Gasteiger partial charge in [-0.15, -0.1) is 0 Å². The number of fused-ring (bicyclic) bond motifs is 3. The number of esters is 3. The smallest absolute Gasteiger partial charge is 0.330 e. The van der Waals surface area contributed by atoms with Gasteiger partial charge in [-0.2, -0.15) is 4.39 Å². The van der Waals surface area contributed by atoms with Gasteiger partial charge in [0.05, 0.1) is 6.20 Å². The van der Waals surface area contributed by atoms with Gasteiger partial charge in [-0.25, -0.2) is 4.79 Å². The predicted molar refractivity (Wildman–Crippen MR) is 216 cm³/mol. The van der Waals surface area contributed by atoms with Gasteiger partial charge in [0, 0.05) is 70.6 Å². The Labute approximate surface area is 338 Å². The van der Waals surface area contributed by atoms with Gasteiger partial charge in [0.1, 0.15) is 30.8 Å². The normalized spacial score (nSPS) is 19.3. The minimum Gasteiger partial charge on any atom is -0.462 e. The summed E-state index contributed by atoms with van der Waals surface area (Å²) in [5.41, 5.74) is 21.3. The fourth-order valence-electron chi connectivity index (χ4n) is 7.56. The second kappa shape index (κ2) is 16.8. The molecule has 0 spiro atoms. The molecule has 17 nitrogen and oxygen atoms in total. The highest BCUT2D eigenvalue weighted by Crippen LogP contribution is 2.35. The second-order valence-electron chi connectivity index (χ2n) is 14.7. The number of rotatable bonds is 14. The molecule has 1 saturated heterocycles. The summed E-state index contributed by atoms with van der Waals surface area (Å²) in [4.78, 5) is 77.5. The van der Waals surface area contributed by atoms with Crippen molar-refractivity contribution in [2.75, 3.05) is 6.61 Å². The SMILES string of the molecule is NC(Cc1c[nH]c2ccccc12)C(=O)OCC1OC(n2cc(F)c(=O)[nH]c2=O)C(OC(=O)C(N)Cc2c[nH]c3ccccc23)C1OC(=O)C(N)Cc1c[nH]c2ccccc12. The largest absolute Gasteiger partial charge is 0.462 e. The zero-order valence-corrected chi connectivity index (χ0v) is 31.8. The quantitative estimate of drug-likeness (QED) is 0.0614. The molecule has 0 aliphatic carbocycles. The molecule has 1 aliphatic rings. The van der Waals surface area contributed by atoms with E-state index in [1.807, 2.05) is 77.8 Å². The molecule has 310 valence electrons. The summed E-state index contributed by atoms with van der Waals surface area (Å²) >= 11 is 0. The van der Waals surface area contributed by atoms with Crippen molar-refractivity contribution < 1.29 is 37.7 Å². The maximum atomic E-state index is 14.8. The first-order chi connectivity index (χ1) is 28.9. The molecule has 60 heavy (non-hydrogen) atoms. The van der Waals surface area contributed by atoms with E-state index in [2.05, 4.69) is 15.0 Å². The van der Waals surface area contributed by atoms with Crippen molar-refractivity contribution in [3.63, 3.8) is 0 Å². The highest BCUT2D eigenvalue weighted by atomic mass is 19.1. The topological polar surface area (TPSA) is 268 Å². The Hall–Kier alpha value is -6.86. The summed E-state index contributed by atoms with van der Waals surface area (Å²) in [7, 11) is 0. The van der Waals surface area contributed by atoms with E-state index in [0.29, 0.717) is 21.9 Å². The minimum atomic E-state index is -1.74. The number of nitrogens with zero attached hydrogens (tertiary/aromatic N) is 1. The summed E-state index contributed by atoms with van der Waals surface area (Å²) in [5.74, 6) is -4.19. The summed E-state index contributed by atoms with van der Waals surface area (Å²) in [5, 5.41) is 2.51. The highest BCUT2D eigenvalue weighted by molar-refractivity contribution is 5.86. The van der Waals surface area contributed by atoms with E-state index in [9.17, 15) is 28.4 Å². The molecular weight excluding hydrogens is 780 g/mol. The average molecular weight is 821 g/mol. The van der Waals surface area contributed by atoms with E-state index >= 15 is 0 Å². The van der Waals surface area contributed by atoms with E-state index in [1.54, 1.807) is 18.6 Å². The number of nitrogens with two attached hydrogens (primary N) is 3. The number of para-hydroxylation sites is 3. The number of aromatic amines is 4. The molecule has 7 aromatic rings. The Morgan fingerprint density at radius 3 is 1.58 bits per heavy atom. The molecule has 0 radical (unpaired) electrons. The second-order valence-corrected chi connectivity index (χ2v) is 14.7. The molecule has 1 aliphatic heterocycles. The predicted octanol–water partition coefficient (Wildman–Crippen LogP) is 2.09. The molecule has 7 atom stereocenters. The first-order valence-corrected chi connectivity index (χ1v) is 19.1. The number of H-pyrrole nitrogens is 4. The zero-order valence-electron chi connectivity index (χ0n) is 31.8. The molecule has 3 aromatic carbocycles. The maximum absolute atomic E-state index is 14.8. The van der Waals surface area contributed by atoms with Crippen molar-refractivity contribution in [1.29, 1.82) is 0 Å². The van der Waals surface area contributed by atoms with Gasteiger partial charge < -0.3 is 51.1 Å². The van der Waals surface area contributed by atoms with Crippen LogP contribution in [0.1, 0.15) is 22.9 Å². The zero-order chi connectivity index (χ0) is 42.1. The van der Waals surface area contributed by atoms with Crippen molar-refractivity contribution >= 4 is 50.6 Å². The molecule has 0 bridgehead atoms. The van der Waals surface area contributed by atoms with Crippen LogP contribution < -0.4 is 28.5 Å². The van der Waals surface area contributed by atoms with E-state index in [4.69, 9.17) is 36.1 Å². The molecule has 0 amide bonds. The number of hydrogen-bond acceptors (Lipinski definition) is 12. The number of benzene rings is 3. The van der Waals surface area contributed by atoms with Gasteiger partial charge in [-0.05, 0) is 34.9 Å². The van der Waals surface area contributed by atoms with E-state index in [-0.39, 0.29) is 19.3 Å². The van der Waals surface area contributed by atoms with Crippen LogP contribution in [-0.4, -0.2) is 85.5 Å². The van der Waals surface area contributed by atoms with Crippen molar-refractivity contribution in [2.45, 2.75) is 61.9 Å². The minimum absolute atomic E-state index is 0.00360. The number of halogens is 1. The van der Waals surface area contributed by atoms with Crippen molar-refractivity contribution in [3.8, 4) is 0 Å². The third-order valence-corrected chi connectivity index (χ3v) is 10.6. The highest BCUT2D eigenvalue weighted by Gasteiger charge is 2.52. The molecule has 7 unspecified atom stereocenters. The fraction of sp³-hybridized carbons (Fsp3) is 0.262. The number of carbonyl (C=O) groups excluding carboxylic acids is 3. The molecular formula is C42H41FN8O9. The summed E-state index contributed by atoms with van der Waals surface area (Å²) in [6, 6.07) is 18.5. The fourth-order valence-corrected chi connectivity index (χ4v) is 7.56. The van der Waals surface area contributed by atoms with Gasteiger partial charge in [0.2, 0.25) is 5.82 Å². The molecule has 5 heterocycles. The van der Waals surface area contributed by atoms with Gasteiger partial charge in [0.25, 0.3) is 5.56 Å². The number of hydrogen-bond donors (Lipinski definition) is 7. The molecule has 8 rings (SSSR count). The Balaban J connectivity index is 1.08. The van der Waals surface area contributed by atoms with Crippen LogP contribution in [0.3, 0.4) is 0 Å². The van der Waals surface area contributed by atoms with Gasteiger partial charge >= 0.3 is 23.6 Å². The number of aromatic nitrogens is 5.